The Bertz CT molecular complexity index is 1130. The highest BCUT2D eigenvalue weighted by atomic mass is 19.4. The first-order valence-electron chi connectivity index (χ1n) is 9.93. The summed E-state index contributed by atoms with van der Waals surface area (Å²) < 4.78 is 40.4. The zero-order valence-electron chi connectivity index (χ0n) is 16.9. The molecule has 2 N–H and O–H groups in total. The molecule has 0 atom stereocenters. The molecule has 1 aliphatic rings. The molecule has 0 aliphatic carbocycles. The van der Waals surface area contributed by atoms with Crippen LogP contribution in [0.15, 0.2) is 54.7 Å². The molecule has 3 aromatic rings. The first kappa shape index (κ1) is 21.6. The summed E-state index contributed by atoms with van der Waals surface area (Å²) in [5, 5.41) is 6.84. The minimum absolute atomic E-state index is 0.322. The van der Waals surface area contributed by atoms with Crippen molar-refractivity contribution in [2.45, 2.75) is 6.36 Å². The van der Waals surface area contributed by atoms with Gasteiger partial charge in [-0.15, -0.1) is 13.2 Å². The van der Waals surface area contributed by atoms with Gasteiger partial charge in [-0.2, -0.15) is 0 Å². The van der Waals surface area contributed by atoms with Crippen molar-refractivity contribution in [1.29, 1.82) is 0 Å². The largest absolute Gasteiger partial charge is 0.573 e. The normalized spacial score (nSPS) is 14.7. The van der Waals surface area contributed by atoms with Crippen molar-refractivity contribution in [2.75, 3.05) is 36.4 Å². The molecule has 166 valence electrons. The smallest absolute Gasteiger partial charge is 0.406 e. The molecule has 0 bridgehead atoms. The summed E-state index contributed by atoms with van der Waals surface area (Å²) in [5.74, 6) is -0.0127. The standard InChI is InChI=1S/C22H20F3N5O2/c23-22(24,25)32-18-5-1-15(2-6-18)3-8-20(31)28-17-4-7-19-16(13-17)14-27-21(29-19)30-11-9-26-10-12-30/h1-8,13-14,26H,9-12H2,(H,28,31). The van der Waals surface area contributed by atoms with E-state index in [4.69, 9.17) is 0 Å². The van der Waals surface area contributed by atoms with Crippen molar-refractivity contribution in [3.05, 3.63) is 60.3 Å². The average molecular weight is 443 g/mol. The predicted molar refractivity (Wildman–Crippen MR) is 115 cm³/mol. The van der Waals surface area contributed by atoms with E-state index in [9.17, 15) is 18.0 Å². The second-order valence-corrected chi connectivity index (χ2v) is 7.12. The number of alkyl halides is 3. The SMILES string of the molecule is O=C(C=Cc1ccc(OC(F)(F)F)cc1)Nc1ccc2nc(N3CCNCC3)ncc2c1. The van der Waals surface area contributed by atoms with Gasteiger partial charge in [0.25, 0.3) is 0 Å². The number of rotatable bonds is 5. The summed E-state index contributed by atoms with van der Waals surface area (Å²) in [6, 6.07) is 10.6. The molecule has 4 rings (SSSR count). The van der Waals surface area contributed by atoms with Crippen LogP contribution in [0.5, 0.6) is 5.75 Å². The van der Waals surface area contributed by atoms with Gasteiger partial charge >= 0.3 is 6.36 Å². The van der Waals surface area contributed by atoms with E-state index in [0.29, 0.717) is 17.2 Å². The Morgan fingerprint density at radius 2 is 1.88 bits per heavy atom. The molecule has 1 fully saturated rings. The van der Waals surface area contributed by atoms with Crippen LogP contribution in [0.25, 0.3) is 17.0 Å². The van der Waals surface area contributed by atoms with E-state index in [1.54, 1.807) is 18.3 Å². The van der Waals surface area contributed by atoms with Crippen LogP contribution >= 0.6 is 0 Å². The van der Waals surface area contributed by atoms with Crippen molar-refractivity contribution in [3.63, 3.8) is 0 Å². The molecule has 2 aromatic carbocycles. The Kier molecular flexibility index (Phi) is 6.22. The summed E-state index contributed by atoms with van der Waals surface area (Å²) in [5.41, 5.74) is 1.92. The van der Waals surface area contributed by atoms with Crippen LogP contribution in [0.1, 0.15) is 5.56 Å². The number of carbonyl (C=O) groups excluding carboxylic acids is 1. The van der Waals surface area contributed by atoms with E-state index < -0.39 is 6.36 Å². The Morgan fingerprint density at radius 3 is 2.59 bits per heavy atom. The second kappa shape index (κ2) is 9.23. The van der Waals surface area contributed by atoms with Gasteiger partial charge in [0, 0.05) is 49.5 Å². The maximum Gasteiger partial charge on any atom is 0.573 e. The van der Waals surface area contributed by atoms with Crippen molar-refractivity contribution in [3.8, 4) is 5.75 Å². The van der Waals surface area contributed by atoms with Crippen molar-refractivity contribution in [1.82, 2.24) is 15.3 Å². The van der Waals surface area contributed by atoms with Gasteiger partial charge in [0.15, 0.2) is 0 Å². The summed E-state index contributed by atoms with van der Waals surface area (Å²) in [6.45, 7) is 3.49. The lowest BCUT2D eigenvalue weighted by Gasteiger charge is -2.27. The number of amides is 1. The summed E-state index contributed by atoms with van der Waals surface area (Å²) in [4.78, 5) is 23.4. The number of hydrogen-bond acceptors (Lipinski definition) is 6. The monoisotopic (exact) mass is 443 g/mol. The van der Waals surface area contributed by atoms with Crippen LogP contribution in [-0.4, -0.2) is 48.4 Å². The first-order valence-corrected chi connectivity index (χ1v) is 9.93. The van der Waals surface area contributed by atoms with Gasteiger partial charge in [0.1, 0.15) is 5.75 Å². The zero-order valence-corrected chi connectivity index (χ0v) is 16.9. The van der Waals surface area contributed by atoms with Crippen LogP contribution in [0, 0.1) is 0 Å². The lowest BCUT2D eigenvalue weighted by atomic mass is 10.2. The molecule has 10 heteroatoms. The number of nitrogens with zero attached hydrogens (tertiary/aromatic N) is 3. The fourth-order valence-electron chi connectivity index (χ4n) is 3.26. The molecule has 0 spiro atoms. The third kappa shape index (κ3) is 5.73. The maximum atomic E-state index is 12.2. The van der Waals surface area contributed by atoms with E-state index in [1.165, 1.54) is 36.4 Å². The molecule has 7 nitrogen and oxygen atoms in total. The van der Waals surface area contributed by atoms with Crippen LogP contribution in [0.3, 0.4) is 0 Å². The number of carbonyl (C=O) groups is 1. The highest BCUT2D eigenvalue weighted by molar-refractivity contribution is 6.02. The van der Waals surface area contributed by atoms with E-state index in [1.807, 2.05) is 6.07 Å². The van der Waals surface area contributed by atoms with E-state index in [-0.39, 0.29) is 11.7 Å². The number of ether oxygens (including phenoxy) is 1. The number of benzene rings is 2. The van der Waals surface area contributed by atoms with E-state index in [2.05, 4.69) is 30.2 Å². The fraction of sp³-hybridized carbons (Fsp3) is 0.227. The van der Waals surface area contributed by atoms with E-state index >= 15 is 0 Å². The molecule has 1 aromatic heterocycles. The number of aromatic nitrogens is 2. The van der Waals surface area contributed by atoms with Gasteiger partial charge in [-0.05, 0) is 42.0 Å². The van der Waals surface area contributed by atoms with Gasteiger partial charge in [-0.1, -0.05) is 12.1 Å². The number of hydrogen-bond donors (Lipinski definition) is 2. The number of fused-ring (bicyclic) bond motifs is 1. The third-order valence-electron chi connectivity index (χ3n) is 4.78. The van der Waals surface area contributed by atoms with Crippen LogP contribution in [0.2, 0.25) is 0 Å². The highest BCUT2D eigenvalue weighted by Crippen LogP contribution is 2.23. The highest BCUT2D eigenvalue weighted by Gasteiger charge is 2.30. The quantitative estimate of drug-likeness (QED) is 0.587. The van der Waals surface area contributed by atoms with Crippen LogP contribution < -0.4 is 20.3 Å². The fourth-order valence-corrected chi connectivity index (χ4v) is 3.26. The lowest BCUT2D eigenvalue weighted by Crippen LogP contribution is -2.44. The van der Waals surface area contributed by atoms with Crippen LogP contribution in [-0.2, 0) is 4.79 Å². The molecule has 0 radical (unpaired) electrons. The number of anilines is 2. The topological polar surface area (TPSA) is 79.4 Å². The molecule has 1 aliphatic heterocycles. The van der Waals surface area contributed by atoms with Crippen LogP contribution in [0.4, 0.5) is 24.8 Å². The molecular weight excluding hydrogens is 423 g/mol. The molecule has 2 heterocycles. The first-order chi connectivity index (χ1) is 15.4. The van der Waals surface area contributed by atoms with Crippen molar-refractivity contribution < 1.29 is 22.7 Å². The Morgan fingerprint density at radius 1 is 1.12 bits per heavy atom. The molecule has 1 saturated heterocycles. The molecular formula is C22H20F3N5O2. The van der Waals surface area contributed by atoms with Gasteiger partial charge < -0.3 is 20.3 Å². The lowest BCUT2D eigenvalue weighted by molar-refractivity contribution is -0.274. The minimum Gasteiger partial charge on any atom is -0.406 e. The molecule has 32 heavy (non-hydrogen) atoms. The minimum atomic E-state index is -4.74. The second-order valence-electron chi connectivity index (χ2n) is 7.12. The number of nitrogens with one attached hydrogen (secondary N) is 2. The van der Waals surface area contributed by atoms with E-state index in [0.717, 1.165) is 37.1 Å². The summed E-state index contributed by atoms with van der Waals surface area (Å²) in [7, 11) is 0. The number of halogens is 3. The zero-order chi connectivity index (χ0) is 22.6. The Labute approximate surface area is 181 Å². The maximum absolute atomic E-state index is 12.2. The average Bonchev–Trinajstić information content (AvgIpc) is 2.78. The van der Waals surface area contributed by atoms with Crippen molar-refractivity contribution in [2.24, 2.45) is 0 Å². The molecule has 0 unspecified atom stereocenters. The Balaban J connectivity index is 1.38. The molecule has 1 amide bonds. The van der Waals surface area contributed by atoms with Gasteiger partial charge in [-0.3, -0.25) is 4.79 Å². The van der Waals surface area contributed by atoms with Gasteiger partial charge in [0.2, 0.25) is 11.9 Å². The summed E-state index contributed by atoms with van der Waals surface area (Å²) >= 11 is 0. The predicted octanol–water partition coefficient (Wildman–Crippen LogP) is 3.59. The van der Waals surface area contributed by atoms with Gasteiger partial charge in [0.05, 0.1) is 5.52 Å². The Hall–Kier alpha value is -3.66. The molecule has 0 saturated carbocycles. The number of piperazine rings is 1. The van der Waals surface area contributed by atoms with Gasteiger partial charge in [-0.25, -0.2) is 9.97 Å². The summed E-state index contributed by atoms with van der Waals surface area (Å²) in [6.07, 6.45) is -0.213. The van der Waals surface area contributed by atoms with Crippen molar-refractivity contribution >= 4 is 34.5 Å². The third-order valence-corrected chi connectivity index (χ3v) is 4.78.